The average Bonchev–Trinajstić information content (AvgIpc) is 2.61. The molecular formula is C14H17Cl2N3O11S3. The minimum Gasteiger partial charge on any atom is -0.508 e. The SMILES string of the molecule is NS(=O)(=O)Cl.NS(=O)(=O)Oc1ccccc1.O=C=NS(=O)(=O)Cl.O=CO.Oc1ccccc1. The van der Waals surface area contributed by atoms with E-state index in [9.17, 15) is 25.3 Å². The molecule has 2 rings (SSSR count). The molecule has 0 amide bonds. The zero-order valence-corrected chi connectivity index (χ0v) is 20.0. The van der Waals surface area contributed by atoms with Crippen LogP contribution in [0.15, 0.2) is 65.1 Å². The summed E-state index contributed by atoms with van der Waals surface area (Å²) in [6.45, 7) is -0.250. The van der Waals surface area contributed by atoms with Crippen molar-refractivity contribution in [2.75, 3.05) is 0 Å². The van der Waals surface area contributed by atoms with Gasteiger partial charge in [-0.2, -0.15) is 30.4 Å². The second-order valence-corrected chi connectivity index (χ2v) is 9.97. The Bertz CT molecular complexity index is 1150. The third-order valence-corrected chi connectivity index (χ3v) is 2.78. The van der Waals surface area contributed by atoms with Crippen LogP contribution in [-0.2, 0) is 38.4 Å². The van der Waals surface area contributed by atoms with E-state index in [0.717, 1.165) is 6.08 Å². The van der Waals surface area contributed by atoms with Gasteiger partial charge in [-0.25, -0.2) is 9.93 Å². The Hall–Kier alpha value is -2.76. The Kier molecular flexibility index (Phi) is 19.8. The van der Waals surface area contributed by atoms with E-state index in [1.807, 2.05) is 6.07 Å². The predicted octanol–water partition coefficient (Wildman–Crippen LogP) is 0.596. The smallest absolute Gasteiger partial charge is 0.380 e. The number of nitrogens with zero attached hydrogens (tertiary/aromatic N) is 1. The summed E-state index contributed by atoms with van der Waals surface area (Å²) in [5, 5.41) is 24.2. The highest BCUT2D eigenvalue weighted by atomic mass is 35.7. The average molecular weight is 570 g/mol. The Morgan fingerprint density at radius 3 is 1.39 bits per heavy atom. The first-order chi connectivity index (χ1) is 14.9. The van der Waals surface area contributed by atoms with E-state index in [4.69, 9.17) is 19.8 Å². The van der Waals surface area contributed by atoms with Crippen molar-refractivity contribution in [1.29, 1.82) is 0 Å². The summed E-state index contributed by atoms with van der Waals surface area (Å²) >= 11 is 0. The maximum Gasteiger partial charge on any atom is 0.380 e. The number of benzene rings is 2. The van der Waals surface area contributed by atoms with Crippen LogP contribution in [0.5, 0.6) is 11.5 Å². The fraction of sp³-hybridized carbons (Fsp3) is 0. The number of nitrogens with two attached hydrogens (primary N) is 2. The number of aromatic hydroxyl groups is 1. The molecule has 2 aromatic rings. The van der Waals surface area contributed by atoms with Gasteiger partial charge >= 0.3 is 19.5 Å². The molecular weight excluding hydrogens is 553 g/mol. The van der Waals surface area contributed by atoms with Crippen molar-refractivity contribution < 1.29 is 49.2 Å². The molecule has 0 aliphatic rings. The van der Waals surface area contributed by atoms with Crippen LogP contribution in [0.3, 0.4) is 0 Å². The minimum atomic E-state index is -4.00. The lowest BCUT2D eigenvalue weighted by atomic mass is 10.3. The summed E-state index contributed by atoms with van der Waals surface area (Å²) in [5.41, 5.74) is 0. The van der Waals surface area contributed by atoms with E-state index >= 15 is 0 Å². The zero-order chi connectivity index (χ0) is 26.6. The maximum atomic E-state index is 10.4. The van der Waals surface area contributed by atoms with Crippen molar-refractivity contribution in [1.82, 2.24) is 0 Å². The van der Waals surface area contributed by atoms with Gasteiger partial charge in [0.2, 0.25) is 0 Å². The lowest BCUT2D eigenvalue weighted by molar-refractivity contribution is -0.122. The molecule has 0 atom stereocenters. The van der Waals surface area contributed by atoms with Crippen molar-refractivity contribution in [3.63, 3.8) is 0 Å². The van der Waals surface area contributed by atoms with Gasteiger partial charge in [0.05, 0.1) is 0 Å². The highest BCUT2D eigenvalue weighted by Crippen LogP contribution is 2.09. The van der Waals surface area contributed by atoms with Crippen LogP contribution in [-0.4, -0.2) is 48.0 Å². The van der Waals surface area contributed by atoms with Crippen LogP contribution < -0.4 is 14.5 Å². The van der Waals surface area contributed by atoms with Crippen LogP contribution in [0, 0.1) is 0 Å². The fourth-order valence-corrected chi connectivity index (χ4v) is 1.64. The van der Waals surface area contributed by atoms with Crippen LogP contribution in [0.2, 0.25) is 0 Å². The van der Waals surface area contributed by atoms with Crippen molar-refractivity contribution >= 4 is 62.7 Å². The van der Waals surface area contributed by atoms with E-state index in [-0.39, 0.29) is 12.2 Å². The van der Waals surface area contributed by atoms with Gasteiger partial charge in [0.15, 0.2) is 0 Å². The number of hydrogen-bond acceptors (Lipinski definition) is 10. The van der Waals surface area contributed by atoms with Crippen LogP contribution >= 0.6 is 21.4 Å². The summed E-state index contributed by atoms with van der Waals surface area (Å²) in [5.74, 6) is 0.539. The molecule has 14 nitrogen and oxygen atoms in total. The molecule has 186 valence electrons. The Morgan fingerprint density at radius 2 is 1.21 bits per heavy atom. The molecule has 0 aliphatic heterocycles. The monoisotopic (exact) mass is 569 g/mol. The van der Waals surface area contributed by atoms with Gasteiger partial charge in [0.1, 0.15) is 11.5 Å². The van der Waals surface area contributed by atoms with Crippen molar-refractivity contribution in [2.24, 2.45) is 14.7 Å². The van der Waals surface area contributed by atoms with Crippen LogP contribution in [0.4, 0.5) is 0 Å². The molecule has 19 heteroatoms. The second kappa shape index (κ2) is 18.8. The predicted molar refractivity (Wildman–Crippen MR) is 119 cm³/mol. The van der Waals surface area contributed by atoms with Gasteiger partial charge in [-0.05, 0) is 24.3 Å². The molecule has 0 aromatic heterocycles. The lowest BCUT2D eigenvalue weighted by Gasteiger charge is -1.99. The standard InChI is InChI=1S/C6H7NO3S.C6H6O.CClNO3S.CH2O2.ClH2NO2S/c7-11(8,9)10-6-4-2-1-3-5-6;7-6-4-2-1-3-5-6;2-7(5,6)3-1-4;2-1-3;1-5(2,3)4/h1-5H,(H2,7,8,9);1-5,7H;;1H,(H,2,3);(H2,2,3,4). The van der Waals surface area contributed by atoms with Gasteiger partial charge in [-0.15, -0.1) is 0 Å². The first-order valence-electron chi connectivity index (χ1n) is 7.30. The second-order valence-electron chi connectivity index (χ2n) is 4.40. The molecule has 2 aromatic carbocycles. The van der Waals surface area contributed by atoms with E-state index in [0.29, 0.717) is 5.75 Å². The van der Waals surface area contributed by atoms with E-state index in [1.54, 1.807) is 42.5 Å². The number of carboxylic acid groups (broad SMARTS) is 1. The number of isocyanates is 1. The third-order valence-electron chi connectivity index (χ3n) is 1.86. The van der Waals surface area contributed by atoms with Gasteiger partial charge in [-0.3, -0.25) is 4.79 Å². The third kappa shape index (κ3) is 43.9. The Labute approximate surface area is 198 Å². The number of rotatable bonds is 3. The van der Waals surface area contributed by atoms with Crippen molar-refractivity contribution in [3.8, 4) is 11.5 Å². The van der Waals surface area contributed by atoms with Crippen molar-refractivity contribution in [2.45, 2.75) is 0 Å². The number of phenols is 1. The highest BCUT2D eigenvalue weighted by molar-refractivity contribution is 8.12. The number of phenolic OH excluding ortho intramolecular Hbond substituents is 1. The molecule has 0 spiro atoms. The summed E-state index contributed by atoms with van der Waals surface area (Å²) in [6, 6.07) is 16.8. The zero-order valence-electron chi connectivity index (χ0n) is 16.0. The largest absolute Gasteiger partial charge is 0.508 e. The van der Waals surface area contributed by atoms with Gasteiger partial charge in [-0.1, -0.05) is 40.8 Å². The number of halogens is 2. The van der Waals surface area contributed by atoms with Crippen LogP contribution in [0.25, 0.3) is 0 Å². The number of para-hydroxylation sites is 2. The lowest BCUT2D eigenvalue weighted by Crippen LogP contribution is -2.18. The molecule has 0 heterocycles. The molecule has 0 unspecified atom stereocenters. The van der Waals surface area contributed by atoms with Gasteiger partial charge < -0.3 is 14.4 Å². The molecule has 0 radical (unpaired) electrons. The van der Waals surface area contributed by atoms with Gasteiger partial charge in [0, 0.05) is 21.4 Å². The first-order valence-corrected chi connectivity index (χ1v) is 13.4. The molecule has 0 fully saturated rings. The quantitative estimate of drug-likeness (QED) is 0.172. The fourth-order valence-electron chi connectivity index (χ4n) is 1.08. The molecule has 0 saturated heterocycles. The molecule has 6 N–H and O–H groups in total. The topological polar surface area (TPSA) is 251 Å². The Balaban J connectivity index is -0.000000363. The van der Waals surface area contributed by atoms with Crippen LogP contribution in [0.1, 0.15) is 0 Å². The number of carbonyl (C=O) groups excluding carboxylic acids is 1. The Morgan fingerprint density at radius 1 is 0.879 bits per heavy atom. The molecule has 33 heavy (non-hydrogen) atoms. The number of hydrogen-bond donors (Lipinski definition) is 4. The summed E-state index contributed by atoms with van der Waals surface area (Å²) < 4.78 is 64.7. The van der Waals surface area contributed by atoms with Crippen molar-refractivity contribution in [3.05, 3.63) is 60.7 Å². The van der Waals surface area contributed by atoms with E-state index in [1.165, 1.54) is 12.1 Å². The van der Waals surface area contributed by atoms with E-state index in [2.05, 4.69) is 40.2 Å². The summed E-state index contributed by atoms with van der Waals surface area (Å²) in [7, 11) is -2.92. The molecule has 0 bridgehead atoms. The normalized spacial score (nSPS) is 9.70. The van der Waals surface area contributed by atoms with E-state index < -0.39 is 28.8 Å². The summed E-state index contributed by atoms with van der Waals surface area (Å²) in [4.78, 5) is 17.4. The first kappa shape index (κ1) is 34.8. The maximum absolute atomic E-state index is 10.4. The highest BCUT2D eigenvalue weighted by Gasteiger charge is 2.02. The minimum absolute atomic E-state index is 0.218. The number of carbonyl (C=O) groups is 1. The molecule has 0 aliphatic carbocycles. The summed E-state index contributed by atoms with van der Waals surface area (Å²) in [6.07, 6.45) is 0.763. The van der Waals surface area contributed by atoms with Gasteiger partial charge in [0.25, 0.3) is 21.8 Å². The molecule has 0 saturated carbocycles.